The van der Waals surface area contributed by atoms with Gasteiger partial charge < -0.3 is 15.4 Å². The Bertz CT molecular complexity index is 885. The summed E-state index contributed by atoms with van der Waals surface area (Å²) in [5, 5.41) is 5.09. The Labute approximate surface area is 158 Å². The zero-order valence-corrected chi connectivity index (χ0v) is 15.6. The van der Waals surface area contributed by atoms with E-state index in [-0.39, 0.29) is 30.4 Å². The van der Waals surface area contributed by atoms with E-state index < -0.39 is 16.1 Å². The molecule has 0 radical (unpaired) electrons. The van der Waals surface area contributed by atoms with Crippen molar-refractivity contribution in [3.63, 3.8) is 0 Å². The summed E-state index contributed by atoms with van der Waals surface area (Å²) in [6.07, 6.45) is -0.527. The van der Waals surface area contributed by atoms with Crippen molar-refractivity contribution in [3.05, 3.63) is 54.6 Å². The molecular formula is C18H21N3O5S. The van der Waals surface area contributed by atoms with Gasteiger partial charge in [0, 0.05) is 18.7 Å². The first-order valence-corrected chi connectivity index (χ1v) is 9.77. The summed E-state index contributed by atoms with van der Waals surface area (Å²) >= 11 is 0. The SMILES string of the molecule is CCOC(=O)NCCC(=O)Nc1cccc(NS(=O)(=O)c2ccccc2)c1. The summed E-state index contributed by atoms with van der Waals surface area (Å²) in [4.78, 5) is 23.2. The molecular weight excluding hydrogens is 370 g/mol. The highest BCUT2D eigenvalue weighted by atomic mass is 32.2. The number of carbonyl (C=O) groups excluding carboxylic acids is 2. The molecule has 0 saturated carbocycles. The molecule has 27 heavy (non-hydrogen) atoms. The van der Waals surface area contributed by atoms with Crippen molar-refractivity contribution in [2.45, 2.75) is 18.2 Å². The highest BCUT2D eigenvalue weighted by Crippen LogP contribution is 2.19. The summed E-state index contributed by atoms with van der Waals surface area (Å²) < 4.78 is 31.8. The maximum absolute atomic E-state index is 12.3. The number of hydrogen-bond donors (Lipinski definition) is 3. The summed E-state index contributed by atoms with van der Waals surface area (Å²) in [5.41, 5.74) is 0.755. The number of benzene rings is 2. The van der Waals surface area contributed by atoms with Crippen LogP contribution in [0.4, 0.5) is 16.2 Å². The molecule has 2 rings (SSSR count). The molecule has 0 unspecified atom stereocenters. The second-order valence-corrected chi connectivity index (χ2v) is 7.13. The molecule has 0 aromatic heterocycles. The lowest BCUT2D eigenvalue weighted by molar-refractivity contribution is -0.116. The maximum Gasteiger partial charge on any atom is 0.407 e. The molecule has 0 atom stereocenters. The highest BCUT2D eigenvalue weighted by molar-refractivity contribution is 7.92. The molecule has 144 valence electrons. The van der Waals surface area contributed by atoms with Crippen LogP contribution < -0.4 is 15.4 Å². The van der Waals surface area contributed by atoms with Crippen molar-refractivity contribution in [3.8, 4) is 0 Å². The Morgan fingerprint density at radius 3 is 2.41 bits per heavy atom. The molecule has 9 heteroatoms. The summed E-state index contributed by atoms with van der Waals surface area (Å²) in [6.45, 7) is 2.07. The van der Waals surface area contributed by atoms with Crippen LogP contribution in [0.5, 0.6) is 0 Å². The molecule has 3 N–H and O–H groups in total. The first-order chi connectivity index (χ1) is 12.9. The van der Waals surface area contributed by atoms with Gasteiger partial charge in [-0.1, -0.05) is 24.3 Å². The summed E-state index contributed by atoms with van der Waals surface area (Å²) in [6, 6.07) is 14.3. The van der Waals surface area contributed by atoms with Crippen LogP contribution in [0.3, 0.4) is 0 Å². The molecule has 0 aliphatic rings. The predicted molar refractivity (Wildman–Crippen MR) is 102 cm³/mol. The van der Waals surface area contributed by atoms with Crippen LogP contribution in [0.1, 0.15) is 13.3 Å². The number of nitrogens with one attached hydrogen (secondary N) is 3. The fraction of sp³-hybridized carbons (Fsp3) is 0.222. The lowest BCUT2D eigenvalue weighted by atomic mass is 10.2. The van der Waals surface area contributed by atoms with E-state index in [1.54, 1.807) is 43.3 Å². The molecule has 2 amide bonds. The summed E-state index contributed by atoms with van der Waals surface area (Å²) in [7, 11) is -3.71. The minimum absolute atomic E-state index is 0.0543. The number of alkyl carbamates (subject to hydrolysis) is 1. The van der Waals surface area contributed by atoms with Gasteiger partial charge in [0.25, 0.3) is 10.0 Å². The van der Waals surface area contributed by atoms with Gasteiger partial charge >= 0.3 is 6.09 Å². The standard InChI is InChI=1S/C18H21N3O5S/c1-2-26-18(23)19-12-11-17(22)20-14-7-6-8-15(13-14)21-27(24,25)16-9-4-3-5-10-16/h3-10,13,21H,2,11-12H2,1H3,(H,19,23)(H,20,22). The van der Waals surface area contributed by atoms with E-state index in [1.165, 1.54) is 18.2 Å². The minimum atomic E-state index is -3.71. The van der Waals surface area contributed by atoms with Crippen LogP contribution in [0, 0.1) is 0 Å². The molecule has 0 heterocycles. The average Bonchev–Trinajstić information content (AvgIpc) is 2.62. The molecule has 0 saturated heterocycles. The minimum Gasteiger partial charge on any atom is -0.450 e. The van der Waals surface area contributed by atoms with E-state index in [4.69, 9.17) is 4.74 Å². The van der Waals surface area contributed by atoms with Crippen molar-refractivity contribution >= 4 is 33.4 Å². The van der Waals surface area contributed by atoms with Gasteiger partial charge in [-0.25, -0.2) is 13.2 Å². The molecule has 0 bridgehead atoms. The van der Waals surface area contributed by atoms with Crippen molar-refractivity contribution in [2.24, 2.45) is 0 Å². The molecule has 0 spiro atoms. The zero-order chi connectivity index (χ0) is 19.7. The largest absolute Gasteiger partial charge is 0.450 e. The first-order valence-electron chi connectivity index (χ1n) is 8.29. The number of sulfonamides is 1. The number of rotatable bonds is 8. The maximum atomic E-state index is 12.3. The van der Waals surface area contributed by atoms with Crippen molar-refractivity contribution in [1.29, 1.82) is 0 Å². The van der Waals surface area contributed by atoms with Crippen LogP contribution in [0.25, 0.3) is 0 Å². The van der Waals surface area contributed by atoms with E-state index >= 15 is 0 Å². The third kappa shape index (κ3) is 6.63. The van der Waals surface area contributed by atoms with E-state index in [0.717, 1.165) is 0 Å². The van der Waals surface area contributed by atoms with E-state index in [1.807, 2.05) is 0 Å². The van der Waals surface area contributed by atoms with Crippen molar-refractivity contribution in [1.82, 2.24) is 5.32 Å². The number of carbonyl (C=O) groups is 2. The second-order valence-electron chi connectivity index (χ2n) is 5.44. The second kappa shape index (κ2) is 9.58. The Balaban J connectivity index is 1.93. The van der Waals surface area contributed by atoms with Crippen LogP contribution in [-0.2, 0) is 19.6 Å². The van der Waals surface area contributed by atoms with Crippen molar-refractivity contribution in [2.75, 3.05) is 23.2 Å². The van der Waals surface area contributed by atoms with E-state index in [0.29, 0.717) is 11.4 Å². The van der Waals surface area contributed by atoms with Gasteiger partial charge in [0.1, 0.15) is 0 Å². The number of hydrogen-bond acceptors (Lipinski definition) is 5. The van der Waals surface area contributed by atoms with Crippen molar-refractivity contribution < 1.29 is 22.7 Å². The van der Waals surface area contributed by atoms with Crippen LogP contribution in [0.15, 0.2) is 59.5 Å². The quantitative estimate of drug-likeness (QED) is 0.640. The van der Waals surface area contributed by atoms with Crippen LogP contribution in [-0.4, -0.2) is 33.6 Å². The van der Waals surface area contributed by atoms with E-state index in [2.05, 4.69) is 15.4 Å². The Morgan fingerprint density at radius 2 is 1.70 bits per heavy atom. The Kier molecular flexibility index (Phi) is 7.18. The third-order valence-electron chi connectivity index (χ3n) is 3.35. The average molecular weight is 391 g/mol. The van der Waals surface area contributed by atoms with Crippen LogP contribution >= 0.6 is 0 Å². The number of anilines is 2. The van der Waals surface area contributed by atoms with Gasteiger partial charge in [0.2, 0.25) is 5.91 Å². The molecule has 0 aliphatic heterocycles. The van der Waals surface area contributed by atoms with Gasteiger partial charge in [0.15, 0.2) is 0 Å². The van der Waals surface area contributed by atoms with Gasteiger partial charge in [-0.3, -0.25) is 9.52 Å². The summed E-state index contributed by atoms with van der Waals surface area (Å²) in [5.74, 6) is -0.324. The third-order valence-corrected chi connectivity index (χ3v) is 4.75. The molecule has 2 aromatic carbocycles. The van der Waals surface area contributed by atoms with Crippen LogP contribution in [0.2, 0.25) is 0 Å². The topological polar surface area (TPSA) is 114 Å². The van der Waals surface area contributed by atoms with Gasteiger partial charge in [0.05, 0.1) is 17.2 Å². The molecule has 2 aromatic rings. The van der Waals surface area contributed by atoms with Gasteiger partial charge in [-0.15, -0.1) is 0 Å². The predicted octanol–water partition coefficient (Wildman–Crippen LogP) is 2.56. The smallest absolute Gasteiger partial charge is 0.407 e. The lowest BCUT2D eigenvalue weighted by Crippen LogP contribution is -2.28. The van der Waals surface area contributed by atoms with Gasteiger partial charge in [-0.2, -0.15) is 0 Å². The Hall–Kier alpha value is -3.07. The fourth-order valence-corrected chi connectivity index (χ4v) is 3.23. The normalized spacial score (nSPS) is 10.7. The zero-order valence-electron chi connectivity index (χ0n) is 14.8. The fourth-order valence-electron chi connectivity index (χ4n) is 2.16. The Morgan fingerprint density at radius 1 is 1.00 bits per heavy atom. The number of ether oxygens (including phenoxy) is 1. The van der Waals surface area contributed by atoms with E-state index in [9.17, 15) is 18.0 Å². The first kappa shape index (κ1) is 20.2. The monoisotopic (exact) mass is 391 g/mol. The highest BCUT2D eigenvalue weighted by Gasteiger charge is 2.13. The lowest BCUT2D eigenvalue weighted by Gasteiger charge is -2.10. The van der Waals surface area contributed by atoms with Gasteiger partial charge in [-0.05, 0) is 37.3 Å². The molecule has 0 fully saturated rings. The number of amides is 2. The molecule has 8 nitrogen and oxygen atoms in total. The molecule has 0 aliphatic carbocycles.